The van der Waals surface area contributed by atoms with Crippen LogP contribution in [-0.2, 0) is 12.6 Å². The fourth-order valence-corrected chi connectivity index (χ4v) is 2.69. The van der Waals surface area contributed by atoms with Gasteiger partial charge in [-0.25, -0.2) is 0 Å². The van der Waals surface area contributed by atoms with Gasteiger partial charge in [0.15, 0.2) is 0 Å². The zero-order valence-corrected chi connectivity index (χ0v) is 14.7. The minimum absolute atomic E-state index is 0.0265. The predicted molar refractivity (Wildman–Crippen MR) is 94.5 cm³/mol. The van der Waals surface area contributed by atoms with Gasteiger partial charge in [-0.15, -0.1) is 0 Å². The fourth-order valence-electron chi connectivity index (χ4n) is 2.69. The summed E-state index contributed by atoms with van der Waals surface area (Å²) in [6.45, 7) is 2.02. The topological polar surface area (TPSA) is 48.7 Å². The lowest BCUT2D eigenvalue weighted by atomic mass is 10.1. The lowest BCUT2D eigenvalue weighted by Crippen LogP contribution is -2.15. The summed E-state index contributed by atoms with van der Waals surface area (Å²) in [5.41, 5.74) is -0.0975. The Kier molecular flexibility index (Phi) is 5.12. The molecule has 0 unspecified atom stereocenters. The summed E-state index contributed by atoms with van der Waals surface area (Å²) >= 11 is 0. The van der Waals surface area contributed by atoms with Crippen LogP contribution in [0.25, 0.3) is 11.0 Å². The van der Waals surface area contributed by atoms with Crippen LogP contribution >= 0.6 is 0 Å². The van der Waals surface area contributed by atoms with Crippen LogP contribution in [0.1, 0.15) is 24.7 Å². The zero-order chi connectivity index (χ0) is 19.6. The highest BCUT2D eigenvalue weighted by Gasteiger charge is 2.40. The molecule has 0 saturated carbocycles. The highest BCUT2D eigenvalue weighted by molar-refractivity contribution is 5.79. The molecule has 0 N–H and O–H groups in total. The summed E-state index contributed by atoms with van der Waals surface area (Å²) in [6, 6.07) is 10.6. The third-order valence-electron chi connectivity index (χ3n) is 4.00. The monoisotopic (exact) mass is 378 g/mol. The van der Waals surface area contributed by atoms with E-state index in [1.807, 2.05) is 6.92 Å². The van der Waals surface area contributed by atoms with Crippen molar-refractivity contribution >= 4 is 11.0 Å². The standard InChI is InChI=1S/C20H17F3O4/c1-3-4-12-5-7-13(8-6-12)26-18-17(24)15-10-9-14(25-2)11-16(15)27-19(18)20(21,22)23/h5-11H,3-4H2,1-2H3. The van der Waals surface area contributed by atoms with Crippen LogP contribution in [0, 0.1) is 0 Å². The average Bonchev–Trinajstić information content (AvgIpc) is 2.64. The molecule has 0 aliphatic heterocycles. The lowest BCUT2D eigenvalue weighted by molar-refractivity contribution is -0.154. The molecule has 0 saturated heterocycles. The van der Waals surface area contributed by atoms with Crippen molar-refractivity contribution in [1.82, 2.24) is 0 Å². The normalized spacial score (nSPS) is 11.6. The number of alkyl halides is 3. The van der Waals surface area contributed by atoms with Gasteiger partial charge in [0, 0.05) is 6.07 Å². The Hall–Kier alpha value is -2.96. The van der Waals surface area contributed by atoms with E-state index in [0.717, 1.165) is 18.4 Å². The van der Waals surface area contributed by atoms with E-state index in [0.29, 0.717) is 0 Å². The molecule has 7 heteroatoms. The number of methoxy groups -OCH3 is 1. The summed E-state index contributed by atoms with van der Waals surface area (Å²) in [4.78, 5) is 12.6. The second kappa shape index (κ2) is 7.34. The SMILES string of the molecule is CCCc1ccc(Oc2c(C(F)(F)F)oc3cc(OC)ccc3c2=O)cc1. The quantitative estimate of drug-likeness (QED) is 0.583. The first-order valence-electron chi connectivity index (χ1n) is 8.32. The zero-order valence-electron chi connectivity index (χ0n) is 14.7. The van der Waals surface area contributed by atoms with Gasteiger partial charge in [0.25, 0.3) is 5.76 Å². The van der Waals surface area contributed by atoms with Gasteiger partial charge in [-0.2, -0.15) is 13.2 Å². The van der Waals surface area contributed by atoms with Crippen molar-refractivity contribution in [3.05, 3.63) is 64.0 Å². The minimum Gasteiger partial charge on any atom is -0.497 e. The van der Waals surface area contributed by atoms with Crippen molar-refractivity contribution in [2.45, 2.75) is 25.9 Å². The van der Waals surface area contributed by atoms with Gasteiger partial charge in [0.2, 0.25) is 11.2 Å². The first-order valence-corrected chi connectivity index (χ1v) is 8.32. The van der Waals surface area contributed by atoms with Crippen LogP contribution in [0.5, 0.6) is 17.2 Å². The highest BCUT2D eigenvalue weighted by Crippen LogP contribution is 2.38. The molecule has 0 spiro atoms. The maximum absolute atomic E-state index is 13.5. The molecule has 0 bridgehead atoms. The third-order valence-corrected chi connectivity index (χ3v) is 4.00. The first kappa shape index (κ1) is 18.8. The highest BCUT2D eigenvalue weighted by atomic mass is 19.4. The summed E-state index contributed by atoms with van der Waals surface area (Å²) in [7, 11) is 1.36. The Morgan fingerprint density at radius 2 is 1.70 bits per heavy atom. The number of benzene rings is 2. The van der Waals surface area contributed by atoms with Crippen molar-refractivity contribution in [3.63, 3.8) is 0 Å². The van der Waals surface area contributed by atoms with Gasteiger partial charge < -0.3 is 13.9 Å². The Balaban J connectivity index is 2.12. The van der Waals surface area contributed by atoms with Crippen molar-refractivity contribution in [1.29, 1.82) is 0 Å². The molecule has 0 atom stereocenters. The molecule has 0 radical (unpaired) electrons. The Bertz CT molecular complexity index is 1000. The van der Waals surface area contributed by atoms with Crippen LogP contribution in [0.4, 0.5) is 13.2 Å². The van der Waals surface area contributed by atoms with Crippen LogP contribution in [-0.4, -0.2) is 7.11 Å². The molecule has 142 valence electrons. The molecule has 0 amide bonds. The lowest BCUT2D eigenvalue weighted by Gasteiger charge is -2.13. The number of aryl methyl sites for hydroxylation is 1. The fraction of sp³-hybridized carbons (Fsp3) is 0.250. The number of halogens is 3. The molecular formula is C20H17F3O4. The van der Waals surface area contributed by atoms with E-state index in [4.69, 9.17) is 13.9 Å². The molecule has 2 aromatic carbocycles. The smallest absolute Gasteiger partial charge is 0.453 e. The first-order chi connectivity index (χ1) is 12.8. The Morgan fingerprint density at radius 1 is 1.04 bits per heavy atom. The molecule has 27 heavy (non-hydrogen) atoms. The second-order valence-electron chi connectivity index (χ2n) is 5.95. The minimum atomic E-state index is -4.89. The maximum Gasteiger partial charge on any atom is 0.453 e. The van der Waals surface area contributed by atoms with Crippen molar-refractivity contribution in [2.75, 3.05) is 7.11 Å². The van der Waals surface area contributed by atoms with E-state index in [2.05, 4.69) is 0 Å². The Morgan fingerprint density at radius 3 is 2.30 bits per heavy atom. The number of fused-ring (bicyclic) bond motifs is 1. The molecule has 0 fully saturated rings. The second-order valence-corrected chi connectivity index (χ2v) is 5.95. The molecular weight excluding hydrogens is 361 g/mol. The maximum atomic E-state index is 13.5. The van der Waals surface area contributed by atoms with Gasteiger partial charge >= 0.3 is 6.18 Å². The number of hydrogen-bond donors (Lipinski definition) is 0. The third kappa shape index (κ3) is 3.92. The van der Waals surface area contributed by atoms with E-state index < -0.39 is 23.1 Å². The summed E-state index contributed by atoms with van der Waals surface area (Å²) < 4.78 is 55.6. The number of ether oxygens (including phenoxy) is 2. The summed E-state index contributed by atoms with van der Waals surface area (Å²) in [5.74, 6) is -1.96. The van der Waals surface area contributed by atoms with Gasteiger partial charge in [-0.05, 0) is 36.2 Å². The molecule has 3 rings (SSSR count). The molecule has 0 aliphatic carbocycles. The summed E-state index contributed by atoms with van der Waals surface area (Å²) in [6.07, 6.45) is -3.11. The molecule has 1 heterocycles. The van der Waals surface area contributed by atoms with Crippen LogP contribution in [0.3, 0.4) is 0 Å². The van der Waals surface area contributed by atoms with Crippen LogP contribution in [0.2, 0.25) is 0 Å². The van der Waals surface area contributed by atoms with Crippen LogP contribution < -0.4 is 14.9 Å². The van der Waals surface area contributed by atoms with Gasteiger partial charge in [-0.3, -0.25) is 4.79 Å². The number of rotatable bonds is 5. The Labute approximate surface area is 153 Å². The van der Waals surface area contributed by atoms with E-state index in [1.165, 1.54) is 37.4 Å². The van der Waals surface area contributed by atoms with Crippen LogP contribution in [0.15, 0.2) is 51.7 Å². The van der Waals surface area contributed by atoms with Crippen molar-refractivity contribution in [3.8, 4) is 17.2 Å². The molecule has 0 aliphatic rings. The van der Waals surface area contributed by atoms with Gasteiger partial charge in [0.05, 0.1) is 12.5 Å². The van der Waals surface area contributed by atoms with Gasteiger partial charge in [0.1, 0.15) is 17.1 Å². The summed E-state index contributed by atoms with van der Waals surface area (Å²) in [5, 5.41) is -0.0265. The van der Waals surface area contributed by atoms with Crippen molar-refractivity contribution < 1.29 is 27.1 Å². The molecule has 1 aromatic heterocycles. The van der Waals surface area contributed by atoms with E-state index in [9.17, 15) is 18.0 Å². The molecule has 3 aromatic rings. The largest absolute Gasteiger partial charge is 0.497 e. The van der Waals surface area contributed by atoms with E-state index in [-0.39, 0.29) is 22.5 Å². The average molecular weight is 378 g/mol. The molecule has 4 nitrogen and oxygen atoms in total. The van der Waals surface area contributed by atoms with E-state index in [1.54, 1.807) is 12.1 Å². The predicted octanol–water partition coefficient (Wildman–Crippen LogP) is 5.57. The van der Waals surface area contributed by atoms with Gasteiger partial charge in [-0.1, -0.05) is 25.5 Å². The number of hydrogen-bond acceptors (Lipinski definition) is 4. The van der Waals surface area contributed by atoms with E-state index >= 15 is 0 Å². The van der Waals surface area contributed by atoms with Crippen molar-refractivity contribution in [2.24, 2.45) is 0 Å².